The predicted molar refractivity (Wildman–Crippen MR) is 77.7 cm³/mol. The van der Waals surface area contributed by atoms with Gasteiger partial charge in [0.1, 0.15) is 29.0 Å². The molecule has 0 saturated carbocycles. The number of benzene rings is 1. The molecule has 1 saturated heterocycles. The Morgan fingerprint density at radius 3 is 2.78 bits per heavy atom. The number of hydrogen-bond donors (Lipinski definition) is 2. The molecule has 0 aliphatic carbocycles. The second-order valence-corrected chi connectivity index (χ2v) is 5.62. The van der Waals surface area contributed by atoms with E-state index in [-0.39, 0.29) is 11.4 Å². The van der Waals surface area contributed by atoms with E-state index in [4.69, 9.17) is 10.1 Å². The molecule has 1 aromatic rings. The number of carbonyl (C=O) groups excluding carboxylic acids is 1. The summed E-state index contributed by atoms with van der Waals surface area (Å²) in [7, 11) is 0. The molecule has 0 aromatic heterocycles. The molecule has 1 aromatic carbocycles. The summed E-state index contributed by atoms with van der Waals surface area (Å²) in [5, 5.41) is 17.9. The third kappa shape index (κ3) is 3.00. The smallest absolute Gasteiger partial charge is 0.273 e. The Kier molecular flexibility index (Phi) is 3.96. The third-order valence-electron chi connectivity index (χ3n) is 4.04. The third-order valence-corrected chi connectivity index (χ3v) is 4.04. The normalized spacial score (nSPS) is 18.9. The van der Waals surface area contributed by atoms with E-state index >= 15 is 0 Å². The van der Waals surface area contributed by atoms with Gasteiger partial charge < -0.3 is 15.5 Å². The van der Waals surface area contributed by atoms with E-state index < -0.39 is 28.7 Å². The fourth-order valence-electron chi connectivity index (χ4n) is 2.72. The Hall–Kier alpha value is -2.53. The highest BCUT2D eigenvalue weighted by atomic mass is 19.1. The van der Waals surface area contributed by atoms with Crippen molar-refractivity contribution >= 4 is 17.3 Å². The van der Waals surface area contributed by atoms with Gasteiger partial charge in [-0.1, -0.05) is 5.16 Å². The largest absolute Gasteiger partial charge is 0.388 e. The lowest BCUT2D eigenvalue weighted by Crippen LogP contribution is -2.42. The molecule has 0 atom stereocenters. The summed E-state index contributed by atoms with van der Waals surface area (Å²) in [6.07, 6.45) is 1.79. The molecule has 8 heteroatoms. The quantitative estimate of drug-likeness (QED) is 0.868. The number of piperidine rings is 1. The number of oxime groups is 1. The summed E-state index contributed by atoms with van der Waals surface area (Å²) in [4.78, 5) is 17.6. The topological polar surface area (TPSA) is 86.5 Å². The van der Waals surface area contributed by atoms with Crippen LogP contribution in [0.25, 0.3) is 0 Å². The Labute approximate surface area is 131 Å². The number of carbonyl (C=O) groups is 1. The Bertz CT molecular complexity index is 721. The fraction of sp³-hybridized carbons (Fsp3) is 0.400. The van der Waals surface area contributed by atoms with Gasteiger partial charge in [-0.25, -0.2) is 8.78 Å². The molecular formula is C15H14F2N4O2. The predicted octanol–water partition coefficient (Wildman–Crippen LogP) is 1.67. The lowest BCUT2D eigenvalue weighted by atomic mass is 9.87. The summed E-state index contributed by atoms with van der Waals surface area (Å²) in [6.45, 7) is 1.56. The van der Waals surface area contributed by atoms with Gasteiger partial charge in [0.2, 0.25) is 0 Å². The van der Waals surface area contributed by atoms with Crippen molar-refractivity contribution in [1.29, 1.82) is 5.26 Å². The lowest BCUT2D eigenvalue weighted by molar-refractivity contribution is -0.110. The summed E-state index contributed by atoms with van der Waals surface area (Å²) >= 11 is 0. The van der Waals surface area contributed by atoms with Gasteiger partial charge in [0.05, 0.1) is 11.3 Å². The Morgan fingerprint density at radius 2 is 2.09 bits per heavy atom. The van der Waals surface area contributed by atoms with Crippen LogP contribution in [0.1, 0.15) is 24.8 Å². The first-order chi connectivity index (χ1) is 11.0. The van der Waals surface area contributed by atoms with Crippen molar-refractivity contribution in [1.82, 2.24) is 5.32 Å². The van der Waals surface area contributed by atoms with Crippen LogP contribution in [-0.2, 0) is 9.63 Å². The van der Waals surface area contributed by atoms with Gasteiger partial charge in [0, 0.05) is 25.3 Å². The zero-order valence-electron chi connectivity index (χ0n) is 12.2. The van der Waals surface area contributed by atoms with Crippen molar-refractivity contribution in [2.24, 2.45) is 5.16 Å². The van der Waals surface area contributed by atoms with Crippen LogP contribution < -0.4 is 10.6 Å². The molecule has 2 heterocycles. The van der Waals surface area contributed by atoms with Crippen LogP contribution in [0, 0.1) is 23.0 Å². The molecule has 120 valence electrons. The van der Waals surface area contributed by atoms with Crippen molar-refractivity contribution in [3.8, 4) is 6.07 Å². The number of nitrogens with zero attached hydrogens (tertiary/aromatic N) is 2. The average Bonchev–Trinajstić information content (AvgIpc) is 2.95. The first-order valence-corrected chi connectivity index (χ1v) is 7.19. The molecule has 2 N–H and O–H groups in total. The molecule has 6 nitrogen and oxygen atoms in total. The highest BCUT2D eigenvalue weighted by Gasteiger charge is 2.42. The number of amides is 1. The zero-order chi connectivity index (χ0) is 16.4. The number of rotatable bonds is 2. The number of nitrogens with one attached hydrogen (secondary N) is 2. The average molecular weight is 320 g/mol. The molecule has 1 spiro atoms. The van der Waals surface area contributed by atoms with Gasteiger partial charge in [-0.05, 0) is 19.2 Å². The van der Waals surface area contributed by atoms with E-state index in [1.165, 1.54) is 6.07 Å². The van der Waals surface area contributed by atoms with Crippen LogP contribution in [0.4, 0.5) is 14.5 Å². The molecule has 2 aliphatic heterocycles. The van der Waals surface area contributed by atoms with Crippen LogP contribution in [0.2, 0.25) is 0 Å². The second kappa shape index (κ2) is 5.93. The molecule has 0 unspecified atom stereocenters. The van der Waals surface area contributed by atoms with Gasteiger partial charge in [0.15, 0.2) is 0 Å². The first-order valence-electron chi connectivity index (χ1n) is 7.19. The van der Waals surface area contributed by atoms with Crippen molar-refractivity contribution in [3.63, 3.8) is 0 Å². The Morgan fingerprint density at radius 1 is 1.35 bits per heavy atom. The fourth-order valence-corrected chi connectivity index (χ4v) is 2.72. The van der Waals surface area contributed by atoms with Crippen LogP contribution in [0.15, 0.2) is 17.3 Å². The van der Waals surface area contributed by atoms with Crippen molar-refractivity contribution < 1.29 is 18.4 Å². The SMILES string of the molecule is N#Cc1cc(F)c(NC(=O)C2=NOC3(CCNCC3)C2)cc1F. The first kappa shape index (κ1) is 15.4. The molecule has 1 fully saturated rings. The standard InChI is InChI=1S/C15H14F2N4O2/c16-10-6-12(11(17)5-9(10)8-18)20-14(22)13-7-15(23-21-13)1-3-19-4-2-15/h5-6,19H,1-4,7H2,(H,20,22). The monoisotopic (exact) mass is 320 g/mol. The maximum Gasteiger partial charge on any atom is 0.273 e. The van der Waals surface area contributed by atoms with Crippen LogP contribution >= 0.6 is 0 Å². The number of halogens is 2. The van der Waals surface area contributed by atoms with Crippen molar-refractivity contribution in [2.75, 3.05) is 18.4 Å². The van der Waals surface area contributed by atoms with Gasteiger partial charge in [-0.2, -0.15) is 5.26 Å². The van der Waals surface area contributed by atoms with Gasteiger partial charge >= 0.3 is 0 Å². The summed E-state index contributed by atoms with van der Waals surface area (Å²) in [5.74, 6) is -2.42. The zero-order valence-corrected chi connectivity index (χ0v) is 12.2. The van der Waals surface area contributed by atoms with Crippen molar-refractivity contribution in [3.05, 3.63) is 29.3 Å². The summed E-state index contributed by atoms with van der Waals surface area (Å²) < 4.78 is 27.3. The van der Waals surface area contributed by atoms with E-state index in [1.54, 1.807) is 0 Å². The molecule has 1 amide bonds. The number of hydrogen-bond acceptors (Lipinski definition) is 5. The van der Waals surface area contributed by atoms with Crippen LogP contribution in [0.5, 0.6) is 0 Å². The minimum Gasteiger partial charge on any atom is -0.388 e. The molecule has 3 rings (SSSR count). The number of anilines is 1. The van der Waals surface area contributed by atoms with E-state index in [2.05, 4.69) is 15.8 Å². The van der Waals surface area contributed by atoms with E-state index in [1.807, 2.05) is 0 Å². The summed E-state index contributed by atoms with van der Waals surface area (Å²) in [5.41, 5.74) is -1.08. The van der Waals surface area contributed by atoms with E-state index in [9.17, 15) is 13.6 Å². The highest BCUT2D eigenvalue weighted by Crippen LogP contribution is 2.32. The van der Waals surface area contributed by atoms with Crippen LogP contribution in [-0.4, -0.2) is 30.3 Å². The Balaban J connectivity index is 1.71. The van der Waals surface area contributed by atoms with Gasteiger partial charge in [-0.3, -0.25) is 4.79 Å². The van der Waals surface area contributed by atoms with Crippen LogP contribution in [0.3, 0.4) is 0 Å². The minimum absolute atomic E-state index is 0.149. The molecule has 23 heavy (non-hydrogen) atoms. The van der Waals surface area contributed by atoms with E-state index in [0.29, 0.717) is 6.42 Å². The van der Waals surface area contributed by atoms with Gasteiger partial charge in [-0.15, -0.1) is 0 Å². The van der Waals surface area contributed by atoms with E-state index in [0.717, 1.165) is 38.1 Å². The molecule has 2 aliphatic rings. The maximum atomic E-state index is 13.8. The maximum absolute atomic E-state index is 13.8. The molecule has 0 bridgehead atoms. The second-order valence-electron chi connectivity index (χ2n) is 5.62. The number of nitriles is 1. The minimum atomic E-state index is -0.899. The van der Waals surface area contributed by atoms with Crippen molar-refractivity contribution in [2.45, 2.75) is 24.9 Å². The highest BCUT2D eigenvalue weighted by molar-refractivity contribution is 6.43. The van der Waals surface area contributed by atoms with Gasteiger partial charge in [0.25, 0.3) is 5.91 Å². The molecular weight excluding hydrogens is 306 g/mol. The summed E-state index contributed by atoms with van der Waals surface area (Å²) in [6, 6.07) is 3.06. The lowest BCUT2D eigenvalue weighted by Gasteiger charge is -2.30. The molecule has 0 radical (unpaired) electrons.